The summed E-state index contributed by atoms with van der Waals surface area (Å²) in [6.07, 6.45) is 10.6. The lowest BCUT2D eigenvalue weighted by molar-refractivity contribution is 0.327. The highest BCUT2D eigenvalue weighted by Gasteiger charge is 2.20. The molecule has 2 unspecified atom stereocenters. The summed E-state index contributed by atoms with van der Waals surface area (Å²) in [5.74, 6) is 2.07. The molecule has 0 aliphatic heterocycles. The zero-order valence-corrected chi connectivity index (χ0v) is 11.0. The summed E-state index contributed by atoms with van der Waals surface area (Å²) in [5, 5.41) is 3.70. The highest BCUT2D eigenvalue weighted by molar-refractivity contribution is 5.50. The molecule has 2 atom stereocenters. The lowest BCUT2D eigenvalue weighted by Gasteiger charge is -2.30. The van der Waals surface area contributed by atoms with Crippen LogP contribution < -0.4 is 5.32 Å². The molecule has 0 aromatic carbocycles. The SMILES string of the molecule is CCC1CCCC(Nc2cccc3nccn23)C1. The van der Waals surface area contributed by atoms with E-state index in [1.54, 1.807) is 0 Å². The lowest BCUT2D eigenvalue weighted by Crippen LogP contribution is -2.27. The van der Waals surface area contributed by atoms with Crippen molar-refractivity contribution in [2.24, 2.45) is 5.92 Å². The van der Waals surface area contributed by atoms with Gasteiger partial charge in [-0.05, 0) is 30.9 Å². The molecule has 1 aliphatic rings. The second-order valence-electron chi connectivity index (χ2n) is 5.35. The molecule has 3 nitrogen and oxygen atoms in total. The third-order valence-electron chi connectivity index (χ3n) is 4.14. The molecule has 18 heavy (non-hydrogen) atoms. The molecule has 1 aliphatic carbocycles. The molecule has 0 bridgehead atoms. The third kappa shape index (κ3) is 2.22. The molecule has 1 N–H and O–H groups in total. The largest absolute Gasteiger partial charge is 0.368 e. The van der Waals surface area contributed by atoms with Crippen LogP contribution in [0.5, 0.6) is 0 Å². The van der Waals surface area contributed by atoms with Crippen molar-refractivity contribution in [3.63, 3.8) is 0 Å². The number of imidazole rings is 1. The molecule has 3 heteroatoms. The van der Waals surface area contributed by atoms with Gasteiger partial charge in [0.2, 0.25) is 0 Å². The minimum absolute atomic E-state index is 0.622. The van der Waals surface area contributed by atoms with Crippen LogP contribution in [0.25, 0.3) is 5.65 Å². The van der Waals surface area contributed by atoms with Crippen LogP contribution in [-0.4, -0.2) is 15.4 Å². The Morgan fingerprint density at radius 3 is 3.22 bits per heavy atom. The Hall–Kier alpha value is -1.51. The Morgan fingerprint density at radius 1 is 1.39 bits per heavy atom. The first-order valence-electron chi connectivity index (χ1n) is 7.05. The van der Waals surface area contributed by atoms with E-state index in [0.717, 1.165) is 11.6 Å². The van der Waals surface area contributed by atoms with Crippen LogP contribution in [-0.2, 0) is 0 Å². The maximum absolute atomic E-state index is 4.33. The summed E-state index contributed by atoms with van der Waals surface area (Å²) in [4.78, 5) is 4.33. The van der Waals surface area contributed by atoms with E-state index < -0.39 is 0 Å². The van der Waals surface area contributed by atoms with E-state index in [2.05, 4.69) is 33.8 Å². The van der Waals surface area contributed by atoms with Gasteiger partial charge in [0, 0.05) is 18.4 Å². The van der Waals surface area contributed by atoms with Crippen LogP contribution in [0.3, 0.4) is 0 Å². The molecular formula is C15H21N3. The number of rotatable bonds is 3. The summed E-state index contributed by atoms with van der Waals surface area (Å²) in [5.41, 5.74) is 1.02. The molecule has 1 fully saturated rings. The van der Waals surface area contributed by atoms with Gasteiger partial charge in [-0.15, -0.1) is 0 Å². The molecular weight excluding hydrogens is 222 g/mol. The molecule has 2 aromatic heterocycles. The fourth-order valence-electron chi connectivity index (χ4n) is 3.07. The Labute approximate surface area is 108 Å². The fraction of sp³-hybridized carbons (Fsp3) is 0.533. The van der Waals surface area contributed by atoms with Gasteiger partial charge in [0.05, 0.1) is 0 Å². The predicted molar refractivity (Wildman–Crippen MR) is 74.9 cm³/mol. The third-order valence-corrected chi connectivity index (χ3v) is 4.14. The van der Waals surface area contributed by atoms with E-state index in [1.807, 2.05) is 18.5 Å². The van der Waals surface area contributed by atoms with Crippen LogP contribution >= 0.6 is 0 Å². The molecule has 0 radical (unpaired) electrons. The van der Waals surface area contributed by atoms with E-state index >= 15 is 0 Å². The van der Waals surface area contributed by atoms with E-state index in [9.17, 15) is 0 Å². The number of aromatic nitrogens is 2. The van der Waals surface area contributed by atoms with E-state index in [-0.39, 0.29) is 0 Å². The molecule has 0 spiro atoms. The van der Waals surface area contributed by atoms with E-state index in [1.165, 1.54) is 37.9 Å². The van der Waals surface area contributed by atoms with Crippen molar-refractivity contribution in [2.45, 2.75) is 45.1 Å². The first kappa shape index (κ1) is 11.6. The Kier molecular flexibility index (Phi) is 3.22. The summed E-state index contributed by atoms with van der Waals surface area (Å²) in [6, 6.07) is 6.88. The first-order chi connectivity index (χ1) is 8.86. The molecule has 0 amide bonds. The van der Waals surface area contributed by atoms with Crippen LogP contribution in [0.1, 0.15) is 39.0 Å². The molecule has 1 saturated carbocycles. The maximum atomic E-state index is 4.33. The highest BCUT2D eigenvalue weighted by Crippen LogP contribution is 2.28. The topological polar surface area (TPSA) is 29.3 Å². The van der Waals surface area contributed by atoms with Crippen LogP contribution in [0.15, 0.2) is 30.6 Å². The quantitative estimate of drug-likeness (QED) is 0.890. The van der Waals surface area contributed by atoms with Gasteiger partial charge in [-0.2, -0.15) is 0 Å². The normalized spacial score (nSPS) is 24.3. The standard InChI is InChI=1S/C15H21N3/c1-2-12-5-3-6-13(11-12)17-15-8-4-7-14-16-9-10-18(14)15/h4,7-10,12-13,17H,2-3,5-6,11H2,1H3. The molecule has 2 aromatic rings. The number of pyridine rings is 1. The molecule has 96 valence electrons. The Balaban J connectivity index is 1.77. The summed E-state index contributed by atoms with van der Waals surface area (Å²) < 4.78 is 2.13. The average Bonchev–Trinajstić information content (AvgIpc) is 2.88. The van der Waals surface area contributed by atoms with Gasteiger partial charge in [0.1, 0.15) is 11.5 Å². The number of fused-ring (bicyclic) bond motifs is 1. The van der Waals surface area contributed by atoms with Gasteiger partial charge in [0.25, 0.3) is 0 Å². The van der Waals surface area contributed by atoms with Gasteiger partial charge in [-0.1, -0.05) is 32.3 Å². The van der Waals surface area contributed by atoms with Crippen molar-refractivity contribution in [3.05, 3.63) is 30.6 Å². The number of nitrogens with one attached hydrogen (secondary N) is 1. The minimum Gasteiger partial charge on any atom is -0.368 e. The second-order valence-corrected chi connectivity index (χ2v) is 5.35. The van der Waals surface area contributed by atoms with Crippen molar-refractivity contribution in [1.29, 1.82) is 0 Å². The fourth-order valence-corrected chi connectivity index (χ4v) is 3.07. The average molecular weight is 243 g/mol. The minimum atomic E-state index is 0.622. The van der Waals surface area contributed by atoms with Gasteiger partial charge in [-0.25, -0.2) is 4.98 Å². The van der Waals surface area contributed by atoms with Crippen LogP contribution in [0, 0.1) is 5.92 Å². The number of nitrogens with zero attached hydrogens (tertiary/aromatic N) is 2. The lowest BCUT2D eigenvalue weighted by atomic mass is 9.84. The van der Waals surface area contributed by atoms with Gasteiger partial charge in [-0.3, -0.25) is 4.40 Å². The first-order valence-corrected chi connectivity index (χ1v) is 7.05. The Bertz CT molecular complexity index is 517. The van der Waals surface area contributed by atoms with Crippen molar-refractivity contribution >= 4 is 11.5 Å². The number of hydrogen-bond donors (Lipinski definition) is 1. The van der Waals surface area contributed by atoms with Crippen molar-refractivity contribution in [3.8, 4) is 0 Å². The summed E-state index contributed by atoms with van der Waals surface area (Å²) in [7, 11) is 0. The smallest absolute Gasteiger partial charge is 0.138 e. The van der Waals surface area contributed by atoms with Gasteiger partial charge >= 0.3 is 0 Å². The number of anilines is 1. The molecule has 0 saturated heterocycles. The van der Waals surface area contributed by atoms with Crippen molar-refractivity contribution < 1.29 is 0 Å². The second kappa shape index (κ2) is 5.01. The van der Waals surface area contributed by atoms with Crippen LogP contribution in [0.2, 0.25) is 0 Å². The van der Waals surface area contributed by atoms with Gasteiger partial charge in [0.15, 0.2) is 0 Å². The number of hydrogen-bond acceptors (Lipinski definition) is 2. The van der Waals surface area contributed by atoms with E-state index in [4.69, 9.17) is 0 Å². The highest BCUT2D eigenvalue weighted by atomic mass is 15.1. The monoisotopic (exact) mass is 243 g/mol. The predicted octanol–water partition coefficient (Wildman–Crippen LogP) is 3.72. The van der Waals surface area contributed by atoms with E-state index in [0.29, 0.717) is 6.04 Å². The van der Waals surface area contributed by atoms with Crippen LogP contribution in [0.4, 0.5) is 5.82 Å². The zero-order valence-electron chi connectivity index (χ0n) is 11.0. The molecule has 2 heterocycles. The maximum Gasteiger partial charge on any atom is 0.138 e. The molecule has 3 rings (SSSR count). The Morgan fingerprint density at radius 2 is 2.33 bits per heavy atom. The van der Waals surface area contributed by atoms with Crippen molar-refractivity contribution in [2.75, 3.05) is 5.32 Å². The van der Waals surface area contributed by atoms with Gasteiger partial charge < -0.3 is 5.32 Å². The summed E-state index contributed by atoms with van der Waals surface area (Å²) >= 11 is 0. The van der Waals surface area contributed by atoms with Crippen molar-refractivity contribution in [1.82, 2.24) is 9.38 Å². The summed E-state index contributed by atoms with van der Waals surface area (Å²) in [6.45, 7) is 2.31. The zero-order chi connectivity index (χ0) is 12.4.